The molecule has 0 saturated carbocycles. The molecule has 200 valence electrons. The van der Waals surface area contributed by atoms with Gasteiger partial charge in [-0.2, -0.15) is 0 Å². The molecule has 2 unspecified atom stereocenters. The molecule has 9 heteroatoms. The Morgan fingerprint density at radius 1 is 1.06 bits per heavy atom. The number of nitrogens with one attached hydrogen (secondary N) is 3. The van der Waals surface area contributed by atoms with E-state index in [4.69, 9.17) is 0 Å². The lowest BCUT2D eigenvalue weighted by atomic mass is 9.98. The van der Waals surface area contributed by atoms with Gasteiger partial charge in [0.05, 0.1) is 0 Å². The maximum Gasteiger partial charge on any atom is 0.289 e. The van der Waals surface area contributed by atoms with Gasteiger partial charge in [-0.3, -0.25) is 23.4 Å². The van der Waals surface area contributed by atoms with Crippen molar-refractivity contribution in [1.29, 1.82) is 0 Å². The molecule has 0 aromatic heterocycles. The highest BCUT2D eigenvalue weighted by Gasteiger charge is 2.31. The Balaban J connectivity index is 1.98. The van der Waals surface area contributed by atoms with Gasteiger partial charge in [-0.1, -0.05) is 50.1 Å². The number of likely N-dealkylation sites (N-methyl/N-ethyl adjacent to an activating group) is 1. The molecule has 1 heterocycles. The Morgan fingerprint density at radius 3 is 2.33 bits per heavy atom. The molecule has 2 rings (SSSR count). The Hall–Kier alpha value is -2.55. The van der Waals surface area contributed by atoms with Crippen molar-refractivity contribution >= 4 is 34.3 Å². The topological polar surface area (TPSA) is 121 Å². The van der Waals surface area contributed by atoms with E-state index in [0.29, 0.717) is 13.0 Å². The third kappa shape index (κ3) is 9.48. The van der Waals surface area contributed by atoms with Crippen molar-refractivity contribution < 1.29 is 23.4 Å². The first kappa shape index (κ1) is 29.7. The van der Waals surface area contributed by atoms with E-state index < -0.39 is 40.5 Å². The first-order chi connectivity index (χ1) is 17.1. The van der Waals surface area contributed by atoms with Crippen LogP contribution >= 0.6 is 0 Å². The number of hydrogen-bond acceptors (Lipinski definition) is 5. The van der Waals surface area contributed by atoms with Crippen molar-refractivity contribution in [1.82, 2.24) is 16.0 Å². The van der Waals surface area contributed by atoms with Gasteiger partial charge in [-0.15, -0.1) is 0 Å². The van der Waals surface area contributed by atoms with Gasteiger partial charge in [0.15, 0.2) is 0 Å². The highest BCUT2D eigenvalue weighted by Crippen LogP contribution is 2.21. The molecule has 1 aliphatic heterocycles. The molecule has 0 spiro atoms. The van der Waals surface area contributed by atoms with Crippen LogP contribution in [-0.2, 0) is 36.4 Å². The van der Waals surface area contributed by atoms with Crippen molar-refractivity contribution in [2.45, 2.75) is 90.0 Å². The first-order valence-corrected chi connectivity index (χ1v) is 14.3. The average Bonchev–Trinajstić information content (AvgIpc) is 3.25. The Kier molecular flexibility index (Phi) is 12.3. The van der Waals surface area contributed by atoms with E-state index in [2.05, 4.69) is 16.0 Å². The largest absolute Gasteiger partial charge is 0.350 e. The molecule has 36 heavy (non-hydrogen) atoms. The molecule has 3 amide bonds. The second-order valence-electron chi connectivity index (χ2n) is 9.86. The minimum absolute atomic E-state index is 0.170. The zero-order valence-electron chi connectivity index (χ0n) is 21.9. The fourth-order valence-corrected chi connectivity index (χ4v) is 5.95. The quantitative estimate of drug-likeness (QED) is 0.257. The van der Waals surface area contributed by atoms with Crippen LogP contribution in [0.5, 0.6) is 0 Å². The fourth-order valence-electron chi connectivity index (χ4n) is 4.30. The average molecular weight is 520 g/mol. The third-order valence-corrected chi connectivity index (χ3v) is 8.35. The number of benzene rings is 1. The molecule has 4 atom stereocenters. The number of rotatable bonds is 14. The van der Waals surface area contributed by atoms with Crippen molar-refractivity contribution in [2.24, 2.45) is 5.92 Å². The highest BCUT2D eigenvalue weighted by molar-refractivity contribution is 7.85. The van der Waals surface area contributed by atoms with E-state index in [-0.39, 0.29) is 29.9 Å². The molecule has 1 aromatic carbocycles. The van der Waals surface area contributed by atoms with Crippen LogP contribution in [0.2, 0.25) is 0 Å². The minimum atomic E-state index is -1.04. The molecule has 3 N–H and O–H groups in total. The Labute approximate surface area is 217 Å². The lowest BCUT2D eigenvalue weighted by Crippen LogP contribution is -2.56. The predicted octanol–water partition coefficient (Wildman–Crippen LogP) is 2.34. The molecular weight excluding hydrogens is 478 g/mol. The monoisotopic (exact) mass is 519 g/mol. The minimum Gasteiger partial charge on any atom is -0.350 e. The summed E-state index contributed by atoms with van der Waals surface area (Å²) in [6.45, 7) is 7.61. The Morgan fingerprint density at radius 2 is 1.75 bits per heavy atom. The van der Waals surface area contributed by atoms with Crippen LogP contribution in [0.4, 0.5) is 0 Å². The molecule has 0 radical (unpaired) electrons. The molecule has 1 aromatic rings. The standard InChI is InChI=1S/C27H41N3O5S/c1-5-28-27(34)25(32)22(17-20-14-12-19(4)13-15-20)29-26(33)24(18(2)3)30-23(31)11-7-6-9-21-10-8-16-36(21)35/h12-15,18,21-22,24H,5-11,16-17H2,1-4H3,(H,28,34)(H,29,33)(H,30,31)/t21?,22-,24-,36?/m0/s1. The van der Waals surface area contributed by atoms with Crippen LogP contribution in [0.25, 0.3) is 0 Å². The molecule has 1 fully saturated rings. The predicted molar refractivity (Wildman–Crippen MR) is 142 cm³/mol. The summed E-state index contributed by atoms with van der Waals surface area (Å²) in [5, 5.41) is 8.26. The molecule has 8 nitrogen and oxygen atoms in total. The first-order valence-electron chi connectivity index (χ1n) is 13.0. The van der Waals surface area contributed by atoms with Gasteiger partial charge in [0, 0.05) is 41.2 Å². The zero-order chi connectivity index (χ0) is 26.7. The number of carbonyl (C=O) groups is 4. The summed E-state index contributed by atoms with van der Waals surface area (Å²) in [4.78, 5) is 50.8. The number of hydrogen-bond donors (Lipinski definition) is 3. The molecule has 0 bridgehead atoms. The molecule has 1 aliphatic rings. The second-order valence-corrected chi connectivity index (χ2v) is 11.7. The number of carbonyl (C=O) groups excluding carboxylic acids is 4. The van der Waals surface area contributed by atoms with Gasteiger partial charge in [0.25, 0.3) is 5.91 Å². The normalized spacial score (nSPS) is 18.9. The van der Waals surface area contributed by atoms with Crippen LogP contribution in [0.3, 0.4) is 0 Å². The van der Waals surface area contributed by atoms with Gasteiger partial charge >= 0.3 is 0 Å². The molecule has 1 saturated heterocycles. The van der Waals surface area contributed by atoms with Crippen molar-refractivity contribution in [3.63, 3.8) is 0 Å². The fraction of sp³-hybridized carbons (Fsp3) is 0.630. The zero-order valence-corrected chi connectivity index (χ0v) is 22.7. The van der Waals surface area contributed by atoms with Gasteiger partial charge in [-0.05, 0) is 51.0 Å². The van der Waals surface area contributed by atoms with Crippen LogP contribution < -0.4 is 16.0 Å². The maximum absolute atomic E-state index is 13.2. The highest BCUT2D eigenvalue weighted by atomic mass is 32.2. The summed E-state index contributed by atoms with van der Waals surface area (Å²) in [6.07, 6.45) is 4.80. The van der Waals surface area contributed by atoms with E-state index >= 15 is 0 Å². The molecule has 0 aliphatic carbocycles. The van der Waals surface area contributed by atoms with Crippen molar-refractivity contribution in [3.8, 4) is 0 Å². The van der Waals surface area contributed by atoms with E-state index in [0.717, 1.165) is 42.6 Å². The van der Waals surface area contributed by atoms with E-state index in [1.54, 1.807) is 6.92 Å². The number of aryl methyl sites for hydroxylation is 1. The molecular formula is C27H41N3O5S. The van der Waals surface area contributed by atoms with Gasteiger partial charge in [0.2, 0.25) is 17.6 Å². The van der Waals surface area contributed by atoms with E-state index in [1.807, 2.05) is 45.0 Å². The van der Waals surface area contributed by atoms with Crippen LogP contribution in [0.1, 0.15) is 70.4 Å². The Bertz CT molecular complexity index is 932. The number of Topliss-reactive ketones (excluding diaryl/α,β-unsaturated/α-hetero) is 1. The second kappa shape index (κ2) is 14.9. The number of unbranched alkanes of at least 4 members (excludes halogenated alkanes) is 1. The smallest absolute Gasteiger partial charge is 0.289 e. The summed E-state index contributed by atoms with van der Waals surface area (Å²) in [6, 6.07) is 5.67. The van der Waals surface area contributed by atoms with Crippen molar-refractivity contribution in [2.75, 3.05) is 12.3 Å². The summed E-state index contributed by atoms with van der Waals surface area (Å²) in [5.74, 6) is -1.62. The summed E-state index contributed by atoms with van der Waals surface area (Å²) in [7, 11) is -0.737. The lowest BCUT2D eigenvalue weighted by molar-refractivity contribution is -0.140. The summed E-state index contributed by atoms with van der Waals surface area (Å²) in [5.41, 5.74) is 1.88. The van der Waals surface area contributed by atoms with Gasteiger partial charge in [-0.25, -0.2) is 0 Å². The van der Waals surface area contributed by atoms with E-state index in [1.165, 1.54) is 0 Å². The summed E-state index contributed by atoms with van der Waals surface area (Å²) < 4.78 is 11.9. The summed E-state index contributed by atoms with van der Waals surface area (Å²) >= 11 is 0. The number of ketones is 1. The van der Waals surface area contributed by atoms with Crippen molar-refractivity contribution in [3.05, 3.63) is 35.4 Å². The van der Waals surface area contributed by atoms with Crippen LogP contribution in [0.15, 0.2) is 24.3 Å². The van der Waals surface area contributed by atoms with E-state index in [9.17, 15) is 23.4 Å². The van der Waals surface area contributed by atoms with Crippen LogP contribution in [0, 0.1) is 12.8 Å². The number of amides is 3. The third-order valence-electron chi connectivity index (χ3n) is 6.44. The lowest BCUT2D eigenvalue weighted by Gasteiger charge is -2.25. The van der Waals surface area contributed by atoms with Gasteiger partial charge in [0.1, 0.15) is 12.1 Å². The SMILES string of the molecule is CCNC(=O)C(=O)[C@H](Cc1ccc(C)cc1)NC(=O)[C@@H](NC(=O)CCCCC1CCCS1=O)C(C)C. The maximum atomic E-state index is 13.2. The van der Waals surface area contributed by atoms with Crippen LogP contribution in [-0.4, -0.2) is 57.3 Å². The van der Waals surface area contributed by atoms with Gasteiger partial charge < -0.3 is 16.0 Å².